The standard InChI is InChI=1S/C15H22N2O3S/c1-4-15(5-2,13(18)19)10-16-14(20)17-11-8-6-7-9-12(11)21-3/h6-9H,4-5,10H2,1-3H3,(H,18,19)(H2,16,17,20). The Hall–Kier alpha value is -1.69. The van der Waals surface area contributed by atoms with Gasteiger partial charge in [0.05, 0.1) is 11.1 Å². The quantitative estimate of drug-likeness (QED) is 0.674. The van der Waals surface area contributed by atoms with E-state index < -0.39 is 11.4 Å². The number of carbonyl (C=O) groups excluding carboxylic acids is 1. The van der Waals surface area contributed by atoms with Crippen molar-refractivity contribution in [2.24, 2.45) is 5.41 Å². The van der Waals surface area contributed by atoms with Crippen LogP contribution in [-0.2, 0) is 4.79 Å². The van der Waals surface area contributed by atoms with Gasteiger partial charge in [0, 0.05) is 11.4 Å². The average Bonchev–Trinajstić information content (AvgIpc) is 2.49. The van der Waals surface area contributed by atoms with Gasteiger partial charge in [0.2, 0.25) is 0 Å². The summed E-state index contributed by atoms with van der Waals surface area (Å²) in [4.78, 5) is 24.3. The monoisotopic (exact) mass is 310 g/mol. The molecule has 0 aliphatic rings. The van der Waals surface area contributed by atoms with Crippen molar-refractivity contribution >= 4 is 29.4 Å². The van der Waals surface area contributed by atoms with Crippen LogP contribution < -0.4 is 10.6 Å². The van der Waals surface area contributed by atoms with Gasteiger partial charge in [-0.3, -0.25) is 4.79 Å². The van der Waals surface area contributed by atoms with E-state index in [4.69, 9.17) is 0 Å². The van der Waals surface area contributed by atoms with Gasteiger partial charge in [-0.1, -0.05) is 26.0 Å². The highest BCUT2D eigenvalue weighted by atomic mass is 32.2. The Morgan fingerprint density at radius 2 is 1.86 bits per heavy atom. The highest BCUT2D eigenvalue weighted by molar-refractivity contribution is 7.98. The van der Waals surface area contributed by atoms with Gasteiger partial charge in [0.15, 0.2) is 0 Å². The van der Waals surface area contributed by atoms with E-state index in [9.17, 15) is 14.7 Å². The molecule has 5 nitrogen and oxygen atoms in total. The summed E-state index contributed by atoms with van der Waals surface area (Å²) in [5, 5.41) is 14.8. The van der Waals surface area contributed by atoms with Gasteiger partial charge in [-0.25, -0.2) is 4.79 Å². The number of hydrogen-bond acceptors (Lipinski definition) is 3. The first-order valence-electron chi connectivity index (χ1n) is 6.90. The number of carboxylic acid groups (broad SMARTS) is 1. The number of rotatable bonds is 7. The van der Waals surface area contributed by atoms with Gasteiger partial charge in [-0.05, 0) is 31.2 Å². The van der Waals surface area contributed by atoms with E-state index in [1.807, 2.05) is 44.4 Å². The average molecular weight is 310 g/mol. The summed E-state index contributed by atoms with van der Waals surface area (Å²) in [6.07, 6.45) is 2.88. The number of urea groups is 1. The maximum Gasteiger partial charge on any atom is 0.319 e. The predicted molar refractivity (Wildman–Crippen MR) is 85.9 cm³/mol. The Balaban J connectivity index is 2.68. The van der Waals surface area contributed by atoms with E-state index >= 15 is 0 Å². The second-order valence-electron chi connectivity index (χ2n) is 4.80. The first-order chi connectivity index (χ1) is 9.99. The van der Waals surface area contributed by atoms with E-state index in [-0.39, 0.29) is 12.6 Å². The Kier molecular flexibility index (Phi) is 6.55. The Bertz CT molecular complexity index is 501. The molecule has 1 aromatic rings. The van der Waals surface area contributed by atoms with Crippen molar-refractivity contribution in [1.82, 2.24) is 5.32 Å². The van der Waals surface area contributed by atoms with Crippen LogP contribution in [-0.4, -0.2) is 29.9 Å². The van der Waals surface area contributed by atoms with Gasteiger partial charge in [0.25, 0.3) is 0 Å². The molecular formula is C15H22N2O3S. The Morgan fingerprint density at radius 3 is 2.38 bits per heavy atom. The molecule has 21 heavy (non-hydrogen) atoms. The minimum Gasteiger partial charge on any atom is -0.481 e. The Labute approximate surface area is 129 Å². The maximum atomic E-state index is 12.0. The molecule has 3 N–H and O–H groups in total. The minimum atomic E-state index is -0.906. The third-order valence-electron chi connectivity index (χ3n) is 3.75. The molecule has 0 heterocycles. The summed E-state index contributed by atoms with van der Waals surface area (Å²) < 4.78 is 0. The molecule has 0 fully saturated rings. The predicted octanol–water partition coefficient (Wildman–Crippen LogP) is 3.42. The molecule has 2 amide bonds. The fourth-order valence-electron chi connectivity index (χ4n) is 2.04. The minimum absolute atomic E-state index is 0.114. The topological polar surface area (TPSA) is 78.4 Å². The number of para-hydroxylation sites is 1. The van der Waals surface area contributed by atoms with E-state index in [2.05, 4.69) is 10.6 Å². The molecule has 0 spiro atoms. The van der Waals surface area contributed by atoms with E-state index in [1.54, 1.807) is 0 Å². The molecule has 116 valence electrons. The lowest BCUT2D eigenvalue weighted by Gasteiger charge is -2.26. The molecule has 0 saturated heterocycles. The summed E-state index contributed by atoms with van der Waals surface area (Å²) >= 11 is 1.54. The van der Waals surface area contributed by atoms with Crippen molar-refractivity contribution in [1.29, 1.82) is 0 Å². The molecule has 0 saturated carbocycles. The highest BCUT2D eigenvalue weighted by Crippen LogP contribution is 2.26. The number of hydrogen-bond donors (Lipinski definition) is 3. The van der Waals surface area contributed by atoms with E-state index in [0.717, 1.165) is 10.6 Å². The van der Waals surface area contributed by atoms with Gasteiger partial charge >= 0.3 is 12.0 Å². The summed E-state index contributed by atoms with van der Waals surface area (Å²) in [6, 6.07) is 7.09. The van der Waals surface area contributed by atoms with Crippen LogP contribution in [0.15, 0.2) is 29.2 Å². The van der Waals surface area contributed by atoms with Crippen LogP contribution in [0, 0.1) is 5.41 Å². The zero-order valence-corrected chi connectivity index (χ0v) is 13.4. The van der Waals surface area contributed by atoms with Gasteiger partial charge in [-0.2, -0.15) is 0 Å². The number of thioether (sulfide) groups is 1. The van der Waals surface area contributed by atoms with Crippen molar-refractivity contribution in [3.05, 3.63) is 24.3 Å². The third-order valence-corrected chi connectivity index (χ3v) is 4.55. The van der Waals surface area contributed by atoms with Crippen molar-refractivity contribution < 1.29 is 14.7 Å². The van der Waals surface area contributed by atoms with Crippen molar-refractivity contribution in [2.75, 3.05) is 18.1 Å². The highest BCUT2D eigenvalue weighted by Gasteiger charge is 2.35. The van der Waals surface area contributed by atoms with Crippen LogP contribution in [0.3, 0.4) is 0 Å². The molecule has 1 aromatic carbocycles. The second-order valence-corrected chi connectivity index (χ2v) is 5.65. The normalized spacial score (nSPS) is 11.0. The maximum absolute atomic E-state index is 12.0. The molecule has 0 unspecified atom stereocenters. The number of nitrogens with one attached hydrogen (secondary N) is 2. The molecule has 0 aromatic heterocycles. The molecule has 6 heteroatoms. The van der Waals surface area contributed by atoms with Gasteiger partial charge in [0.1, 0.15) is 0 Å². The number of aliphatic carboxylic acids is 1. The number of carboxylic acids is 1. The molecule has 0 radical (unpaired) electrons. The molecule has 0 bridgehead atoms. The van der Waals surface area contributed by atoms with Crippen LogP contribution in [0.5, 0.6) is 0 Å². The third kappa shape index (κ3) is 4.39. The summed E-state index contributed by atoms with van der Waals surface area (Å²) in [5.41, 5.74) is -0.187. The van der Waals surface area contributed by atoms with Crippen LogP contribution in [0.4, 0.5) is 10.5 Å². The van der Waals surface area contributed by atoms with Crippen molar-refractivity contribution in [3.8, 4) is 0 Å². The van der Waals surface area contributed by atoms with E-state index in [0.29, 0.717) is 12.8 Å². The van der Waals surface area contributed by atoms with Gasteiger partial charge in [-0.15, -0.1) is 11.8 Å². The fraction of sp³-hybridized carbons (Fsp3) is 0.467. The summed E-state index contributed by atoms with van der Waals surface area (Å²) in [6.45, 7) is 3.75. The first kappa shape index (κ1) is 17.4. The lowest BCUT2D eigenvalue weighted by Crippen LogP contribution is -2.43. The SMILES string of the molecule is CCC(CC)(CNC(=O)Nc1ccccc1SC)C(=O)O. The fourth-order valence-corrected chi connectivity index (χ4v) is 2.60. The largest absolute Gasteiger partial charge is 0.481 e. The zero-order chi connectivity index (χ0) is 15.9. The van der Waals surface area contributed by atoms with E-state index in [1.165, 1.54) is 11.8 Å². The molecule has 0 atom stereocenters. The molecule has 1 rings (SSSR count). The smallest absolute Gasteiger partial charge is 0.319 e. The van der Waals surface area contributed by atoms with Crippen LogP contribution >= 0.6 is 11.8 Å². The number of anilines is 1. The van der Waals surface area contributed by atoms with Crippen LogP contribution in [0.25, 0.3) is 0 Å². The Morgan fingerprint density at radius 1 is 1.24 bits per heavy atom. The summed E-state index contributed by atoms with van der Waals surface area (Å²) in [5.74, 6) is -0.877. The number of amides is 2. The molecule has 0 aliphatic heterocycles. The first-order valence-corrected chi connectivity index (χ1v) is 8.12. The lowest BCUT2D eigenvalue weighted by atomic mass is 9.82. The van der Waals surface area contributed by atoms with Gasteiger partial charge < -0.3 is 15.7 Å². The van der Waals surface area contributed by atoms with Crippen LogP contribution in [0.2, 0.25) is 0 Å². The molecular weight excluding hydrogens is 288 g/mol. The number of carbonyl (C=O) groups is 2. The summed E-state index contributed by atoms with van der Waals surface area (Å²) in [7, 11) is 0. The van der Waals surface area contributed by atoms with Crippen molar-refractivity contribution in [2.45, 2.75) is 31.6 Å². The van der Waals surface area contributed by atoms with Crippen LogP contribution in [0.1, 0.15) is 26.7 Å². The second kappa shape index (κ2) is 7.93. The van der Waals surface area contributed by atoms with Crippen molar-refractivity contribution in [3.63, 3.8) is 0 Å². The lowest BCUT2D eigenvalue weighted by molar-refractivity contribution is -0.149. The number of benzene rings is 1. The zero-order valence-electron chi connectivity index (χ0n) is 12.6. The molecule has 0 aliphatic carbocycles.